The first-order valence-electron chi connectivity index (χ1n) is 5.17. The lowest BCUT2D eigenvalue weighted by atomic mass is 10.3. The maximum Gasteiger partial charge on any atom is 0.342 e. The molecule has 1 aromatic heterocycles. The molecular formula is C9H15FN4O3. The Kier molecular flexibility index (Phi) is 4.98. The number of nitrogens with one attached hydrogen (secondary N) is 1. The van der Waals surface area contributed by atoms with Gasteiger partial charge in [-0.1, -0.05) is 0 Å². The molecule has 0 fully saturated rings. The fraction of sp³-hybridized carbons (Fsp3) is 0.667. The molecule has 0 saturated carbocycles. The van der Waals surface area contributed by atoms with Gasteiger partial charge in [0.1, 0.15) is 25.5 Å². The molecular weight excluding hydrogens is 231 g/mol. The van der Waals surface area contributed by atoms with E-state index in [1.54, 1.807) is 6.92 Å². The lowest BCUT2D eigenvalue weighted by Crippen LogP contribution is -2.32. The van der Waals surface area contributed by atoms with Gasteiger partial charge in [0.15, 0.2) is 5.82 Å². The van der Waals surface area contributed by atoms with E-state index in [9.17, 15) is 19.6 Å². The first-order valence-corrected chi connectivity index (χ1v) is 5.17. The molecule has 96 valence electrons. The van der Waals surface area contributed by atoms with Crippen LogP contribution < -0.4 is 5.32 Å². The third-order valence-corrected chi connectivity index (χ3v) is 2.27. The van der Waals surface area contributed by atoms with E-state index in [1.165, 1.54) is 4.57 Å². The number of aryl methyl sites for hydroxylation is 1. The SMILES string of the molecule is Cc1ncc([N+](=O)[O-])n1CC(O)CNCCF. The second-order valence-corrected chi connectivity index (χ2v) is 3.58. The first kappa shape index (κ1) is 13.5. The van der Waals surface area contributed by atoms with Crippen molar-refractivity contribution < 1.29 is 14.4 Å². The van der Waals surface area contributed by atoms with Gasteiger partial charge in [-0.3, -0.25) is 0 Å². The molecule has 0 spiro atoms. The molecule has 1 unspecified atom stereocenters. The topological polar surface area (TPSA) is 93.2 Å². The average Bonchev–Trinajstić information content (AvgIpc) is 2.61. The van der Waals surface area contributed by atoms with Gasteiger partial charge in [-0.25, -0.2) is 13.9 Å². The zero-order chi connectivity index (χ0) is 12.8. The second kappa shape index (κ2) is 6.26. The van der Waals surface area contributed by atoms with E-state index in [0.717, 1.165) is 6.20 Å². The summed E-state index contributed by atoms with van der Waals surface area (Å²) in [5.74, 6) is 0.299. The van der Waals surface area contributed by atoms with Gasteiger partial charge in [0.2, 0.25) is 0 Å². The molecule has 0 amide bonds. The van der Waals surface area contributed by atoms with Crippen LogP contribution in [0.3, 0.4) is 0 Å². The molecule has 0 saturated heterocycles. The van der Waals surface area contributed by atoms with Crippen molar-refractivity contribution >= 4 is 5.82 Å². The van der Waals surface area contributed by atoms with Gasteiger partial charge >= 0.3 is 5.82 Å². The standard InChI is InChI=1S/C9H15FN4O3/c1-7-12-5-9(14(16)17)13(7)6-8(15)4-11-3-2-10/h5,8,11,15H,2-4,6H2,1H3. The number of imidazole rings is 1. The molecule has 1 heterocycles. The highest BCUT2D eigenvalue weighted by Crippen LogP contribution is 2.13. The summed E-state index contributed by atoms with van der Waals surface area (Å²) in [6.07, 6.45) is 0.324. The van der Waals surface area contributed by atoms with Crippen molar-refractivity contribution in [2.75, 3.05) is 19.8 Å². The molecule has 17 heavy (non-hydrogen) atoms. The Morgan fingerprint density at radius 3 is 3.06 bits per heavy atom. The number of aromatic nitrogens is 2. The molecule has 0 aromatic carbocycles. The number of alkyl halides is 1. The van der Waals surface area contributed by atoms with Crippen molar-refractivity contribution in [3.8, 4) is 0 Å². The molecule has 8 heteroatoms. The Labute approximate surface area is 97.4 Å². The first-order chi connectivity index (χ1) is 8.06. The van der Waals surface area contributed by atoms with Crippen LogP contribution in [0.2, 0.25) is 0 Å². The Hall–Kier alpha value is -1.54. The monoisotopic (exact) mass is 246 g/mol. The molecule has 0 aliphatic rings. The van der Waals surface area contributed by atoms with Gasteiger partial charge in [0.25, 0.3) is 0 Å². The maximum absolute atomic E-state index is 11.8. The summed E-state index contributed by atoms with van der Waals surface area (Å²) in [6.45, 7) is 1.49. The Balaban J connectivity index is 2.61. The number of aliphatic hydroxyl groups excluding tert-OH is 1. The van der Waals surface area contributed by atoms with E-state index < -0.39 is 17.7 Å². The maximum atomic E-state index is 11.8. The fourth-order valence-corrected chi connectivity index (χ4v) is 1.44. The summed E-state index contributed by atoms with van der Waals surface area (Å²) in [5.41, 5.74) is 0. The average molecular weight is 246 g/mol. The van der Waals surface area contributed by atoms with Crippen LogP contribution in [0.4, 0.5) is 10.2 Å². The largest absolute Gasteiger partial charge is 0.388 e. The number of hydrogen-bond donors (Lipinski definition) is 2. The van der Waals surface area contributed by atoms with Gasteiger partial charge in [-0.2, -0.15) is 0 Å². The van der Waals surface area contributed by atoms with E-state index in [1.807, 2.05) is 0 Å². The predicted octanol–water partition coefficient (Wildman–Crippen LogP) is 0.0197. The summed E-state index contributed by atoms with van der Waals surface area (Å²) in [4.78, 5) is 13.9. The summed E-state index contributed by atoms with van der Waals surface area (Å²) in [5, 5.41) is 23.0. The highest BCUT2D eigenvalue weighted by atomic mass is 19.1. The lowest BCUT2D eigenvalue weighted by Gasteiger charge is -2.10. The number of nitro groups is 1. The minimum atomic E-state index is -0.826. The summed E-state index contributed by atoms with van der Waals surface area (Å²) < 4.78 is 13.1. The van der Waals surface area contributed by atoms with Gasteiger partial charge in [0.05, 0.1) is 0 Å². The number of hydrogen-bond acceptors (Lipinski definition) is 5. The Morgan fingerprint density at radius 2 is 2.47 bits per heavy atom. The van der Waals surface area contributed by atoms with Crippen LogP contribution in [0.1, 0.15) is 5.82 Å². The molecule has 0 aliphatic heterocycles. The van der Waals surface area contributed by atoms with Crippen LogP contribution in [-0.4, -0.2) is 45.4 Å². The van der Waals surface area contributed by atoms with Crippen LogP contribution >= 0.6 is 0 Å². The zero-order valence-electron chi connectivity index (χ0n) is 9.47. The fourth-order valence-electron chi connectivity index (χ4n) is 1.44. The van der Waals surface area contributed by atoms with Crippen molar-refractivity contribution in [3.63, 3.8) is 0 Å². The number of aliphatic hydroxyl groups is 1. The highest BCUT2D eigenvalue weighted by Gasteiger charge is 2.20. The number of halogens is 1. The summed E-state index contributed by atoms with van der Waals surface area (Å²) >= 11 is 0. The zero-order valence-corrected chi connectivity index (χ0v) is 9.47. The van der Waals surface area contributed by atoms with Gasteiger partial charge in [-0.05, 0) is 4.92 Å². The van der Waals surface area contributed by atoms with Crippen molar-refractivity contribution in [3.05, 3.63) is 22.1 Å². The van der Waals surface area contributed by atoms with E-state index >= 15 is 0 Å². The van der Waals surface area contributed by atoms with Gasteiger partial charge < -0.3 is 20.5 Å². The minimum Gasteiger partial charge on any atom is -0.388 e. The van der Waals surface area contributed by atoms with E-state index in [0.29, 0.717) is 5.82 Å². The van der Waals surface area contributed by atoms with Crippen molar-refractivity contribution in [2.45, 2.75) is 19.6 Å². The molecule has 0 aliphatic carbocycles. The molecule has 1 rings (SSSR count). The smallest absolute Gasteiger partial charge is 0.342 e. The molecule has 2 N–H and O–H groups in total. The van der Waals surface area contributed by atoms with E-state index in [-0.39, 0.29) is 25.5 Å². The van der Waals surface area contributed by atoms with Gasteiger partial charge in [-0.15, -0.1) is 0 Å². The van der Waals surface area contributed by atoms with Crippen LogP contribution in [0.25, 0.3) is 0 Å². The normalized spacial score (nSPS) is 12.6. The molecule has 0 bridgehead atoms. The van der Waals surface area contributed by atoms with Gasteiger partial charge in [0, 0.05) is 20.0 Å². The molecule has 1 aromatic rings. The third kappa shape index (κ3) is 3.75. The summed E-state index contributed by atoms with van der Waals surface area (Å²) in [7, 11) is 0. The molecule has 1 atom stereocenters. The Morgan fingerprint density at radius 1 is 1.76 bits per heavy atom. The van der Waals surface area contributed by atoms with Crippen LogP contribution in [-0.2, 0) is 6.54 Å². The van der Waals surface area contributed by atoms with E-state index in [4.69, 9.17) is 0 Å². The van der Waals surface area contributed by atoms with E-state index in [2.05, 4.69) is 10.3 Å². The van der Waals surface area contributed by atoms with Crippen molar-refractivity contribution in [2.24, 2.45) is 0 Å². The van der Waals surface area contributed by atoms with Crippen molar-refractivity contribution in [1.82, 2.24) is 14.9 Å². The lowest BCUT2D eigenvalue weighted by molar-refractivity contribution is -0.392. The number of nitrogens with zero attached hydrogens (tertiary/aromatic N) is 3. The number of rotatable bonds is 7. The molecule has 0 radical (unpaired) electrons. The van der Waals surface area contributed by atoms with Crippen LogP contribution in [0.15, 0.2) is 6.20 Å². The van der Waals surface area contributed by atoms with Crippen molar-refractivity contribution in [1.29, 1.82) is 0 Å². The molecule has 7 nitrogen and oxygen atoms in total. The third-order valence-electron chi connectivity index (χ3n) is 2.27. The Bertz CT molecular complexity index is 382. The van der Waals surface area contributed by atoms with Crippen LogP contribution in [0, 0.1) is 17.0 Å². The quantitative estimate of drug-likeness (QED) is 0.402. The highest BCUT2D eigenvalue weighted by molar-refractivity contribution is 5.18. The second-order valence-electron chi connectivity index (χ2n) is 3.58. The summed E-state index contributed by atoms with van der Waals surface area (Å²) in [6, 6.07) is 0. The van der Waals surface area contributed by atoms with Crippen LogP contribution in [0.5, 0.6) is 0 Å². The predicted molar refractivity (Wildman–Crippen MR) is 58.5 cm³/mol. The minimum absolute atomic E-state index is 0.0570.